The fourth-order valence-electron chi connectivity index (χ4n) is 3.32. The minimum atomic E-state index is 0.500. The number of para-hydroxylation sites is 2. The lowest BCUT2D eigenvalue weighted by Gasteiger charge is -1.98. The quantitative estimate of drug-likeness (QED) is 0.482. The molecule has 122 valence electrons. The van der Waals surface area contributed by atoms with Crippen LogP contribution in [0.15, 0.2) is 54.7 Å². The smallest absolute Gasteiger partial charge is 0.221 e. The lowest BCUT2D eigenvalue weighted by molar-refractivity contribution is 0.825. The second-order valence-corrected chi connectivity index (χ2v) is 6.47. The molecular weight excluding hydrogens is 330 g/mol. The van der Waals surface area contributed by atoms with Gasteiger partial charge in [-0.15, -0.1) is 0 Å². The highest BCUT2D eigenvalue weighted by atomic mass is 32.1. The van der Waals surface area contributed by atoms with Crippen molar-refractivity contribution in [2.24, 2.45) is 0 Å². The van der Waals surface area contributed by atoms with Gasteiger partial charge in [0.1, 0.15) is 5.82 Å². The van der Waals surface area contributed by atoms with Crippen LogP contribution in [0, 0.1) is 4.77 Å². The molecule has 0 amide bonds. The Morgan fingerprint density at radius 2 is 1.72 bits per heavy atom. The molecule has 25 heavy (non-hydrogen) atoms. The van der Waals surface area contributed by atoms with Gasteiger partial charge in [-0.25, -0.2) is 14.5 Å². The maximum Gasteiger partial charge on any atom is 0.221 e. The van der Waals surface area contributed by atoms with E-state index in [0.717, 1.165) is 35.2 Å². The minimum Gasteiger partial charge on any atom is -0.361 e. The van der Waals surface area contributed by atoms with Crippen LogP contribution in [0.1, 0.15) is 11.4 Å². The normalized spacial score (nSPS) is 11.7. The molecule has 0 saturated heterocycles. The Bertz CT molecular complexity index is 1280. The Labute approximate surface area is 148 Å². The van der Waals surface area contributed by atoms with E-state index in [1.165, 1.54) is 16.5 Å². The van der Waals surface area contributed by atoms with E-state index < -0.39 is 0 Å². The molecule has 5 nitrogen and oxygen atoms in total. The number of aromatic amines is 2. The minimum absolute atomic E-state index is 0.500. The molecule has 3 aromatic heterocycles. The van der Waals surface area contributed by atoms with Crippen LogP contribution >= 0.6 is 12.2 Å². The van der Waals surface area contributed by atoms with E-state index in [4.69, 9.17) is 17.2 Å². The van der Waals surface area contributed by atoms with Crippen LogP contribution in [-0.2, 0) is 12.8 Å². The lowest BCUT2D eigenvalue weighted by Crippen LogP contribution is -1.96. The Kier molecular flexibility index (Phi) is 3.18. The fourth-order valence-corrected chi connectivity index (χ4v) is 3.55. The number of nitrogens with zero attached hydrogens (tertiary/aromatic N) is 3. The van der Waals surface area contributed by atoms with Gasteiger partial charge < -0.3 is 4.98 Å². The number of hydrogen-bond donors (Lipinski definition) is 2. The molecule has 5 rings (SSSR count). The third-order valence-corrected chi connectivity index (χ3v) is 4.83. The molecule has 0 atom stereocenters. The molecule has 0 aliphatic carbocycles. The summed E-state index contributed by atoms with van der Waals surface area (Å²) in [6.07, 6.45) is 3.80. The number of H-pyrrole nitrogens is 2. The van der Waals surface area contributed by atoms with E-state index in [1.807, 2.05) is 30.3 Å². The highest BCUT2D eigenvalue weighted by molar-refractivity contribution is 7.71. The van der Waals surface area contributed by atoms with Crippen LogP contribution in [0.2, 0.25) is 0 Å². The van der Waals surface area contributed by atoms with Gasteiger partial charge in [0.15, 0.2) is 5.65 Å². The average molecular weight is 345 g/mol. The Morgan fingerprint density at radius 1 is 0.920 bits per heavy atom. The molecule has 0 aliphatic heterocycles. The summed E-state index contributed by atoms with van der Waals surface area (Å²) >= 11 is 5.40. The van der Waals surface area contributed by atoms with Gasteiger partial charge in [-0.2, -0.15) is 0 Å². The van der Waals surface area contributed by atoms with Crippen LogP contribution in [-0.4, -0.2) is 24.6 Å². The summed E-state index contributed by atoms with van der Waals surface area (Å²) in [5.74, 6) is 0.912. The van der Waals surface area contributed by atoms with E-state index in [9.17, 15) is 0 Å². The average Bonchev–Trinajstić information content (AvgIpc) is 3.25. The second-order valence-electron chi connectivity index (χ2n) is 6.10. The zero-order valence-electron chi connectivity index (χ0n) is 13.4. The monoisotopic (exact) mass is 345 g/mol. The number of hydrogen-bond acceptors (Lipinski definition) is 3. The van der Waals surface area contributed by atoms with Gasteiger partial charge in [0, 0.05) is 28.9 Å². The first-order chi connectivity index (χ1) is 12.3. The molecule has 0 spiro atoms. The predicted octanol–water partition coefficient (Wildman–Crippen LogP) is 4.21. The molecule has 3 heterocycles. The summed E-state index contributed by atoms with van der Waals surface area (Å²) < 4.78 is 2.29. The van der Waals surface area contributed by atoms with Crippen molar-refractivity contribution in [3.8, 4) is 0 Å². The molecular formula is C19H15N5S. The van der Waals surface area contributed by atoms with Crippen LogP contribution in [0.3, 0.4) is 0 Å². The van der Waals surface area contributed by atoms with E-state index >= 15 is 0 Å². The summed E-state index contributed by atoms with van der Waals surface area (Å²) in [5.41, 5.74) is 4.17. The van der Waals surface area contributed by atoms with Gasteiger partial charge in [0.05, 0.1) is 5.52 Å². The van der Waals surface area contributed by atoms with Crippen molar-refractivity contribution in [1.82, 2.24) is 24.6 Å². The molecule has 2 N–H and O–H groups in total. The highest BCUT2D eigenvalue weighted by Gasteiger charge is 2.10. The third-order valence-electron chi connectivity index (χ3n) is 4.55. The van der Waals surface area contributed by atoms with Crippen molar-refractivity contribution < 1.29 is 0 Å². The van der Waals surface area contributed by atoms with Gasteiger partial charge >= 0.3 is 0 Å². The maximum absolute atomic E-state index is 5.40. The molecule has 5 aromatic rings. The van der Waals surface area contributed by atoms with Crippen molar-refractivity contribution in [2.45, 2.75) is 12.8 Å². The highest BCUT2D eigenvalue weighted by Crippen LogP contribution is 2.20. The lowest BCUT2D eigenvalue weighted by atomic mass is 10.1. The summed E-state index contributed by atoms with van der Waals surface area (Å²) in [5, 5.41) is 5.57. The zero-order chi connectivity index (χ0) is 16.8. The number of benzene rings is 2. The van der Waals surface area contributed by atoms with Crippen molar-refractivity contribution in [3.05, 3.63) is 70.9 Å². The first-order valence-corrected chi connectivity index (χ1v) is 8.62. The van der Waals surface area contributed by atoms with Gasteiger partial charge in [0.2, 0.25) is 4.77 Å². The topological polar surface area (TPSA) is 61.8 Å². The van der Waals surface area contributed by atoms with Crippen molar-refractivity contribution >= 4 is 39.7 Å². The number of rotatable bonds is 3. The second kappa shape index (κ2) is 5.53. The number of nitrogens with one attached hydrogen (secondary N) is 2. The van der Waals surface area contributed by atoms with Crippen LogP contribution < -0.4 is 0 Å². The molecule has 0 radical (unpaired) electrons. The third kappa shape index (κ3) is 2.34. The van der Waals surface area contributed by atoms with Gasteiger partial charge in [-0.05, 0) is 42.4 Å². The van der Waals surface area contributed by atoms with Gasteiger partial charge in [-0.3, -0.25) is 5.10 Å². The first kappa shape index (κ1) is 14.4. The Morgan fingerprint density at radius 3 is 2.64 bits per heavy atom. The van der Waals surface area contributed by atoms with Crippen molar-refractivity contribution in [2.75, 3.05) is 0 Å². The zero-order valence-corrected chi connectivity index (χ0v) is 14.2. The Balaban J connectivity index is 1.54. The van der Waals surface area contributed by atoms with Gasteiger partial charge in [0.25, 0.3) is 0 Å². The Hall–Kier alpha value is -2.99. The largest absolute Gasteiger partial charge is 0.361 e. The number of fused-ring (bicyclic) bond motifs is 4. The molecule has 2 aromatic carbocycles. The first-order valence-electron chi connectivity index (χ1n) is 8.21. The summed E-state index contributed by atoms with van der Waals surface area (Å²) in [6.45, 7) is 0. The van der Waals surface area contributed by atoms with Gasteiger partial charge in [-0.1, -0.05) is 30.3 Å². The SMILES string of the molecule is S=c1nc2ccccc2c2nc(CCc3c[nH]c4ccccc34)[nH]n12. The standard InChI is InChI=1S/C19H15N5S/c25-19-21-16-8-4-2-6-14(16)18-22-17(23-24(18)19)10-9-12-11-20-15-7-3-1-5-13(12)15/h1-8,11,20H,9-10H2,(H,22,23). The van der Waals surface area contributed by atoms with E-state index in [2.05, 4.69) is 39.5 Å². The van der Waals surface area contributed by atoms with Crippen LogP contribution in [0.5, 0.6) is 0 Å². The van der Waals surface area contributed by atoms with Crippen LogP contribution in [0.4, 0.5) is 0 Å². The summed E-state index contributed by atoms with van der Waals surface area (Å²) in [7, 11) is 0. The number of aryl methyl sites for hydroxylation is 2. The molecule has 0 bridgehead atoms. The molecule has 0 aliphatic rings. The van der Waals surface area contributed by atoms with E-state index in [0.29, 0.717) is 4.77 Å². The van der Waals surface area contributed by atoms with E-state index in [1.54, 1.807) is 4.52 Å². The molecule has 0 fully saturated rings. The van der Waals surface area contributed by atoms with Crippen molar-refractivity contribution in [1.29, 1.82) is 0 Å². The van der Waals surface area contributed by atoms with Crippen LogP contribution in [0.25, 0.3) is 27.5 Å². The number of aromatic nitrogens is 5. The molecule has 6 heteroatoms. The van der Waals surface area contributed by atoms with E-state index in [-0.39, 0.29) is 0 Å². The molecule has 0 unspecified atom stereocenters. The van der Waals surface area contributed by atoms with Crippen molar-refractivity contribution in [3.63, 3.8) is 0 Å². The summed E-state index contributed by atoms with van der Waals surface area (Å²) in [4.78, 5) is 12.6. The summed E-state index contributed by atoms with van der Waals surface area (Å²) in [6, 6.07) is 16.3. The molecule has 0 saturated carbocycles. The fraction of sp³-hybridized carbons (Fsp3) is 0.105. The maximum atomic E-state index is 5.40. The predicted molar refractivity (Wildman–Crippen MR) is 101 cm³/mol.